The first-order chi connectivity index (χ1) is 11.8. The smallest absolute Gasteiger partial charge is 0.303 e. The molecule has 1 aromatic rings. The van der Waals surface area contributed by atoms with Gasteiger partial charge >= 0.3 is 5.97 Å². The highest BCUT2D eigenvalue weighted by Gasteiger charge is 2.10. The number of nitrogens with one attached hydrogen (secondary N) is 1. The fraction of sp³-hybridized carbons (Fsp3) is 0.368. The van der Waals surface area contributed by atoms with Gasteiger partial charge in [-0.3, -0.25) is 9.59 Å². The van der Waals surface area contributed by atoms with E-state index in [2.05, 4.69) is 5.32 Å². The van der Waals surface area contributed by atoms with E-state index in [1.54, 1.807) is 50.3 Å². The second-order valence-corrected chi connectivity index (χ2v) is 6.08. The van der Waals surface area contributed by atoms with Crippen molar-refractivity contribution in [3.05, 3.63) is 53.6 Å². The van der Waals surface area contributed by atoms with Crippen LogP contribution in [0.5, 0.6) is 5.75 Å². The summed E-state index contributed by atoms with van der Waals surface area (Å²) >= 11 is 0. The highest BCUT2D eigenvalue weighted by Crippen LogP contribution is 2.11. The lowest BCUT2D eigenvalue weighted by Gasteiger charge is -2.15. The van der Waals surface area contributed by atoms with Crippen molar-refractivity contribution in [1.29, 1.82) is 0 Å². The summed E-state index contributed by atoms with van der Waals surface area (Å²) in [5.74, 6) is -1.16. The summed E-state index contributed by atoms with van der Waals surface area (Å²) in [6.45, 7) is 3.39. The molecule has 0 unspecified atom stereocenters. The van der Waals surface area contributed by atoms with Gasteiger partial charge in [0, 0.05) is 6.08 Å². The fourth-order valence-corrected chi connectivity index (χ4v) is 2.37. The molecule has 4 N–H and O–H groups in total. The second kappa shape index (κ2) is 10.3. The Morgan fingerprint density at radius 2 is 1.84 bits per heavy atom. The topological polar surface area (TPSA) is 107 Å². The minimum absolute atomic E-state index is 0.0383. The number of aliphatic hydroxyl groups excluding tert-OH is 1. The number of aliphatic hydroxyl groups is 1. The maximum Gasteiger partial charge on any atom is 0.303 e. The molecule has 0 aliphatic carbocycles. The molecule has 25 heavy (non-hydrogen) atoms. The van der Waals surface area contributed by atoms with Gasteiger partial charge in [0.05, 0.1) is 19.1 Å². The third-order valence-corrected chi connectivity index (χ3v) is 3.53. The Kier molecular flexibility index (Phi) is 8.43. The second-order valence-electron chi connectivity index (χ2n) is 6.08. The number of carboxylic acid groups (broad SMARTS) is 1. The van der Waals surface area contributed by atoms with E-state index in [0.29, 0.717) is 6.42 Å². The first-order valence-corrected chi connectivity index (χ1v) is 8.07. The first kappa shape index (κ1) is 20.4. The molecule has 0 fully saturated rings. The van der Waals surface area contributed by atoms with Gasteiger partial charge in [-0.15, -0.1) is 0 Å². The molecule has 0 aromatic heterocycles. The van der Waals surface area contributed by atoms with Crippen LogP contribution in [0.2, 0.25) is 0 Å². The van der Waals surface area contributed by atoms with E-state index in [1.165, 1.54) is 6.08 Å². The average Bonchev–Trinajstić information content (AvgIpc) is 2.53. The van der Waals surface area contributed by atoms with E-state index in [9.17, 15) is 19.8 Å². The minimum Gasteiger partial charge on any atom is -0.508 e. The van der Waals surface area contributed by atoms with Crippen LogP contribution in [0.25, 0.3) is 0 Å². The van der Waals surface area contributed by atoms with Crippen LogP contribution in [0.15, 0.2) is 48.1 Å². The molecule has 0 aliphatic rings. The minimum atomic E-state index is -0.863. The number of phenols is 1. The Morgan fingerprint density at radius 3 is 2.40 bits per heavy atom. The van der Waals surface area contributed by atoms with Crippen molar-refractivity contribution >= 4 is 11.9 Å². The molecule has 1 rings (SSSR count). The molecule has 0 radical (unpaired) electrons. The van der Waals surface area contributed by atoms with E-state index in [0.717, 1.165) is 11.1 Å². The van der Waals surface area contributed by atoms with Crippen molar-refractivity contribution in [2.24, 2.45) is 5.92 Å². The molecule has 136 valence electrons. The largest absolute Gasteiger partial charge is 0.508 e. The van der Waals surface area contributed by atoms with Gasteiger partial charge in [0.1, 0.15) is 5.75 Å². The number of rotatable bonds is 9. The lowest BCUT2D eigenvalue weighted by Crippen LogP contribution is -2.38. The number of hydrogen-bond acceptors (Lipinski definition) is 4. The number of hydrogen-bond donors (Lipinski definition) is 4. The number of carbonyl (C=O) groups is 2. The van der Waals surface area contributed by atoms with Gasteiger partial charge in [-0.2, -0.15) is 0 Å². The first-order valence-electron chi connectivity index (χ1n) is 8.07. The molecule has 0 bridgehead atoms. The molecule has 1 aromatic carbocycles. The SMILES string of the molecule is CC(/C=C/C(=O)N[C@@H](CO)Cc1ccc(O)cc1)=C\[C@@H](C)CC(=O)O. The number of aliphatic carboxylic acids is 1. The molecule has 0 spiro atoms. The number of carboxylic acids is 1. The van der Waals surface area contributed by atoms with Gasteiger partial charge in [0.25, 0.3) is 0 Å². The fourth-order valence-electron chi connectivity index (χ4n) is 2.37. The van der Waals surface area contributed by atoms with E-state index in [1.807, 2.05) is 0 Å². The summed E-state index contributed by atoms with van der Waals surface area (Å²) in [5, 5.41) is 30.1. The Morgan fingerprint density at radius 1 is 1.20 bits per heavy atom. The van der Waals surface area contributed by atoms with Gasteiger partial charge in [0.15, 0.2) is 0 Å². The van der Waals surface area contributed by atoms with Crippen molar-refractivity contribution in [2.75, 3.05) is 6.61 Å². The summed E-state index contributed by atoms with van der Waals surface area (Å²) in [5.41, 5.74) is 1.68. The third-order valence-electron chi connectivity index (χ3n) is 3.53. The monoisotopic (exact) mass is 347 g/mol. The van der Waals surface area contributed by atoms with Crippen molar-refractivity contribution in [1.82, 2.24) is 5.32 Å². The predicted molar refractivity (Wildman–Crippen MR) is 95.1 cm³/mol. The molecule has 0 saturated carbocycles. The lowest BCUT2D eigenvalue weighted by atomic mass is 10.0. The van der Waals surface area contributed by atoms with Gasteiger partial charge in [-0.05, 0) is 37.0 Å². The van der Waals surface area contributed by atoms with Crippen molar-refractivity contribution in [3.8, 4) is 5.75 Å². The zero-order chi connectivity index (χ0) is 18.8. The summed E-state index contributed by atoms with van der Waals surface area (Å²) in [4.78, 5) is 22.6. The molecule has 2 atom stereocenters. The van der Waals surface area contributed by atoms with E-state index in [-0.39, 0.29) is 30.6 Å². The zero-order valence-electron chi connectivity index (χ0n) is 14.5. The Hall–Kier alpha value is -2.60. The number of carbonyl (C=O) groups excluding carboxylic acids is 1. The average molecular weight is 347 g/mol. The summed E-state index contributed by atoms with van der Waals surface area (Å²) in [7, 11) is 0. The van der Waals surface area contributed by atoms with Gasteiger partial charge in [-0.1, -0.05) is 36.8 Å². The summed E-state index contributed by atoms with van der Waals surface area (Å²) in [6.07, 6.45) is 5.25. The number of benzene rings is 1. The molecule has 0 saturated heterocycles. The quantitative estimate of drug-likeness (QED) is 0.404. The zero-order valence-corrected chi connectivity index (χ0v) is 14.5. The van der Waals surface area contributed by atoms with Crippen LogP contribution in [0.4, 0.5) is 0 Å². The number of phenolic OH excluding ortho intramolecular Hbond substituents is 1. The molecular formula is C19H25NO5. The Bertz CT molecular complexity index is 634. The maximum absolute atomic E-state index is 12.0. The molecule has 1 amide bonds. The van der Waals surface area contributed by atoms with Crippen LogP contribution in [-0.2, 0) is 16.0 Å². The molecule has 6 nitrogen and oxygen atoms in total. The Balaban J connectivity index is 2.56. The number of aromatic hydroxyl groups is 1. The predicted octanol–water partition coefficient (Wildman–Crippen LogP) is 2.03. The van der Waals surface area contributed by atoms with Crippen LogP contribution in [0.1, 0.15) is 25.8 Å². The molecular weight excluding hydrogens is 322 g/mol. The van der Waals surface area contributed by atoms with Crippen LogP contribution < -0.4 is 5.32 Å². The van der Waals surface area contributed by atoms with Crippen LogP contribution in [0.3, 0.4) is 0 Å². The number of amides is 1. The standard InChI is InChI=1S/C19H25NO5/c1-13(9-14(2)10-19(24)25)3-8-18(23)20-16(12-21)11-15-4-6-17(22)7-5-15/h3-9,14,16,21-22H,10-12H2,1-2H3,(H,20,23)(H,24,25)/b8-3+,13-9+/t14-,16-/m1/s1. The van der Waals surface area contributed by atoms with E-state index >= 15 is 0 Å². The normalized spacial score (nSPS) is 14.3. The van der Waals surface area contributed by atoms with Crippen LogP contribution >= 0.6 is 0 Å². The summed E-state index contributed by atoms with van der Waals surface area (Å²) in [6, 6.07) is 6.14. The highest BCUT2D eigenvalue weighted by molar-refractivity contribution is 5.88. The van der Waals surface area contributed by atoms with Crippen molar-refractivity contribution in [3.63, 3.8) is 0 Å². The molecule has 0 heterocycles. The third kappa shape index (κ3) is 8.72. The van der Waals surface area contributed by atoms with E-state index in [4.69, 9.17) is 5.11 Å². The Labute approximate surface area is 147 Å². The molecule has 0 aliphatic heterocycles. The van der Waals surface area contributed by atoms with Crippen LogP contribution in [-0.4, -0.2) is 39.8 Å². The van der Waals surface area contributed by atoms with Crippen molar-refractivity contribution in [2.45, 2.75) is 32.7 Å². The number of allylic oxidation sites excluding steroid dienone is 3. The van der Waals surface area contributed by atoms with Gasteiger partial charge < -0.3 is 20.6 Å². The van der Waals surface area contributed by atoms with Gasteiger partial charge in [0.2, 0.25) is 5.91 Å². The van der Waals surface area contributed by atoms with Crippen LogP contribution in [0, 0.1) is 5.92 Å². The van der Waals surface area contributed by atoms with Gasteiger partial charge in [-0.25, -0.2) is 0 Å². The lowest BCUT2D eigenvalue weighted by molar-refractivity contribution is -0.137. The van der Waals surface area contributed by atoms with E-state index < -0.39 is 12.0 Å². The highest BCUT2D eigenvalue weighted by atomic mass is 16.4. The molecule has 6 heteroatoms. The summed E-state index contributed by atoms with van der Waals surface area (Å²) < 4.78 is 0. The maximum atomic E-state index is 12.0. The van der Waals surface area contributed by atoms with Crippen molar-refractivity contribution < 1.29 is 24.9 Å².